The average molecular weight is 267 g/mol. The minimum absolute atomic E-state index is 0.0258. The van der Waals surface area contributed by atoms with Crippen molar-refractivity contribution in [2.45, 2.75) is 45.6 Å². The number of aliphatic hydroxyl groups is 1. The van der Waals surface area contributed by atoms with E-state index >= 15 is 0 Å². The van der Waals surface area contributed by atoms with E-state index in [1.54, 1.807) is 12.1 Å². The van der Waals surface area contributed by atoms with E-state index in [4.69, 9.17) is 4.74 Å². The molecule has 0 saturated carbocycles. The Bertz CT molecular complexity index is 420. The largest absolute Gasteiger partial charge is 0.487 e. The summed E-state index contributed by atoms with van der Waals surface area (Å²) in [5.74, 6) is 0.285. The van der Waals surface area contributed by atoms with E-state index in [-0.39, 0.29) is 11.4 Å². The second-order valence-corrected chi connectivity index (χ2v) is 4.55. The number of nitro benzene ring substituents is 1. The molecule has 1 aromatic carbocycles. The number of aliphatic hydroxyl groups excluding tert-OH is 1. The van der Waals surface area contributed by atoms with Gasteiger partial charge in [0.2, 0.25) is 0 Å². The first kappa shape index (κ1) is 15.4. The van der Waals surface area contributed by atoms with Crippen LogP contribution in [0.2, 0.25) is 0 Å². The van der Waals surface area contributed by atoms with Gasteiger partial charge >= 0.3 is 5.69 Å². The van der Waals surface area contributed by atoms with Crippen LogP contribution in [0.5, 0.6) is 5.75 Å². The lowest BCUT2D eigenvalue weighted by Crippen LogP contribution is -2.10. The molecule has 1 rings (SSSR count). The van der Waals surface area contributed by atoms with Crippen LogP contribution in [0.3, 0.4) is 0 Å². The van der Waals surface area contributed by atoms with Gasteiger partial charge in [-0.2, -0.15) is 0 Å². The summed E-state index contributed by atoms with van der Waals surface area (Å²) in [6.45, 7) is 4.40. The standard InChI is InChI=1S/C14H21NO4/c1-3-5-12(16)9-11-6-7-13(15(17)18)14(10-11)19-8-4-2/h6-7,10,12,16H,3-5,8-9H2,1-2H3. The lowest BCUT2D eigenvalue weighted by Gasteiger charge is -2.11. The first-order chi connectivity index (χ1) is 9.08. The molecular formula is C14H21NO4. The summed E-state index contributed by atoms with van der Waals surface area (Å²) in [6.07, 6.45) is 2.51. The predicted octanol–water partition coefficient (Wildman–Crippen LogP) is 3.09. The van der Waals surface area contributed by atoms with Crippen molar-refractivity contribution >= 4 is 5.69 Å². The molecule has 1 aromatic rings. The highest BCUT2D eigenvalue weighted by Gasteiger charge is 2.16. The van der Waals surface area contributed by atoms with Gasteiger partial charge < -0.3 is 9.84 Å². The first-order valence-corrected chi connectivity index (χ1v) is 6.66. The predicted molar refractivity (Wildman–Crippen MR) is 73.5 cm³/mol. The van der Waals surface area contributed by atoms with Gasteiger partial charge in [-0.25, -0.2) is 0 Å². The lowest BCUT2D eigenvalue weighted by atomic mass is 10.0. The third-order valence-corrected chi connectivity index (χ3v) is 2.78. The van der Waals surface area contributed by atoms with Gasteiger partial charge in [-0.15, -0.1) is 0 Å². The molecule has 0 aromatic heterocycles. The van der Waals surface area contributed by atoms with Gasteiger partial charge in [-0.1, -0.05) is 26.3 Å². The molecule has 0 aliphatic heterocycles. The zero-order valence-electron chi connectivity index (χ0n) is 11.5. The van der Waals surface area contributed by atoms with Gasteiger partial charge in [0, 0.05) is 6.07 Å². The quantitative estimate of drug-likeness (QED) is 0.580. The van der Waals surface area contributed by atoms with Gasteiger partial charge in [0.1, 0.15) is 0 Å². The number of nitrogens with zero attached hydrogens (tertiary/aromatic N) is 1. The maximum atomic E-state index is 10.9. The summed E-state index contributed by atoms with van der Waals surface area (Å²) in [5.41, 5.74) is 0.833. The maximum Gasteiger partial charge on any atom is 0.310 e. The Hall–Kier alpha value is -1.62. The SMILES string of the molecule is CCCOc1cc(CC(O)CCC)ccc1[N+](=O)[O-]. The lowest BCUT2D eigenvalue weighted by molar-refractivity contribution is -0.385. The second-order valence-electron chi connectivity index (χ2n) is 4.55. The van der Waals surface area contributed by atoms with Crippen LogP contribution in [0.1, 0.15) is 38.7 Å². The molecule has 1 atom stereocenters. The van der Waals surface area contributed by atoms with Crippen LogP contribution < -0.4 is 4.74 Å². The molecule has 0 saturated heterocycles. The molecule has 0 radical (unpaired) electrons. The smallest absolute Gasteiger partial charge is 0.310 e. The molecule has 0 amide bonds. The van der Waals surface area contributed by atoms with E-state index in [9.17, 15) is 15.2 Å². The van der Waals surface area contributed by atoms with E-state index in [0.29, 0.717) is 13.0 Å². The molecule has 0 heterocycles. The Morgan fingerprint density at radius 1 is 1.37 bits per heavy atom. The number of hydrogen-bond acceptors (Lipinski definition) is 4. The normalized spacial score (nSPS) is 12.2. The first-order valence-electron chi connectivity index (χ1n) is 6.66. The van der Waals surface area contributed by atoms with Gasteiger partial charge in [-0.3, -0.25) is 10.1 Å². The fourth-order valence-corrected chi connectivity index (χ4v) is 1.87. The van der Waals surface area contributed by atoms with Gasteiger partial charge in [-0.05, 0) is 30.9 Å². The molecule has 1 unspecified atom stereocenters. The summed E-state index contributed by atoms with van der Waals surface area (Å²) in [4.78, 5) is 10.4. The van der Waals surface area contributed by atoms with Crippen LogP contribution in [0.25, 0.3) is 0 Å². The van der Waals surface area contributed by atoms with Crippen LogP contribution in [-0.2, 0) is 6.42 Å². The van der Waals surface area contributed by atoms with E-state index in [2.05, 4.69) is 0 Å². The minimum atomic E-state index is -0.447. The minimum Gasteiger partial charge on any atom is -0.487 e. The molecule has 0 fully saturated rings. The Morgan fingerprint density at radius 3 is 2.68 bits per heavy atom. The Morgan fingerprint density at radius 2 is 2.11 bits per heavy atom. The fraction of sp³-hybridized carbons (Fsp3) is 0.571. The van der Waals surface area contributed by atoms with E-state index in [0.717, 1.165) is 24.8 Å². The summed E-state index contributed by atoms with van der Waals surface area (Å²) in [6, 6.07) is 4.78. The average Bonchev–Trinajstić information content (AvgIpc) is 2.36. The third kappa shape index (κ3) is 4.87. The highest BCUT2D eigenvalue weighted by molar-refractivity contribution is 5.48. The topological polar surface area (TPSA) is 72.6 Å². The van der Waals surface area contributed by atoms with Crippen LogP contribution in [0.15, 0.2) is 18.2 Å². The molecule has 5 heteroatoms. The number of benzene rings is 1. The van der Waals surface area contributed by atoms with E-state index in [1.165, 1.54) is 6.07 Å². The van der Waals surface area contributed by atoms with Gasteiger partial charge in [0.05, 0.1) is 17.6 Å². The Balaban J connectivity index is 2.87. The summed E-state index contributed by atoms with van der Waals surface area (Å²) in [5, 5.41) is 20.7. The number of nitro groups is 1. The Kier molecular flexibility index (Phi) is 6.29. The Labute approximate surface area is 113 Å². The van der Waals surface area contributed by atoms with E-state index < -0.39 is 11.0 Å². The van der Waals surface area contributed by atoms with Gasteiger partial charge in [0.25, 0.3) is 0 Å². The summed E-state index contributed by atoms with van der Waals surface area (Å²) >= 11 is 0. The van der Waals surface area contributed by atoms with Crippen molar-refractivity contribution in [1.82, 2.24) is 0 Å². The fourth-order valence-electron chi connectivity index (χ4n) is 1.87. The molecule has 0 spiro atoms. The van der Waals surface area contributed by atoms with Crippen molar-refractivity contribution in [3.63, 3.8) is 0 Å². The molecule has 5 nitrogen and oxygen atoms in total. The van der Waals surface area contributed by atoms with Crippen molar-refractivity contribution in [3.05, 3.63) is 33.9 Å². The third-order valence-electron chi connectivity index (χ3n) is 2.78. The molecule has 19 heavy (non-hydrogen) atoms. The zero-order valence-corrected chi connectivity index (χ0v) is 11.5. The van der Waals surface area contributed by atoms with Crippen molar-refractivity contribution in [2.24, 2.45) is 0 Å². The summed E-state index contributed by atoms with van der Waals surface area (Å²) < 4.78 is 5.41. The molecule has 0 bridgehead atoms. The van der Waals surface area contributed by atoms with Crippen LogP contribution in [-0.4, -0.2) is 22.7 Å². The van der Waals surface area contributed by atoms with Crippen LogP contribution >= 0.6 is 0 Å². The van der Waals surface area contributed by atoms with Crippen molar-refractivity contribution in [3.8, 4) is 5.75 Å². The molecule has 0 aliphatic carbocycles. The van der Waals surface area contributed by atoms with E-state index in [1.807, 2.05) is 13.8 Å². The highest BCUT2D eigenvalue weighted by Crippen LogP contribution is 2.28. The molecular weight excluding hydrogens is 246 g/mol. The van der Waals surface area contributed by atoms with Gasteiger partial charge in [0.15, 0.2) is 5.75 Å². The molecule has 1 N–H and O–H groups in total. The maximum absolute atomic E-state index is 10.9. The molecule has 106 valence electrons. The zero-order chi connectivity index (χ0) is 14.3. The number of rotatable bonds is 8. The van der Waals surface area contributed by atoms with Crippen LogP contribution in [0.4, 0.5) is 5.69 Å². The van der Waals surface area contributed by atoms with Crippen LogP contribution in [0, 0.1) is 10.1 Å². The monoisotopic (exact) mass is 267 g/mol. The summed E-state index contributed by atoms with van der Waals surface area (Å²) in [7, 11) is 0. The molecule has 0 aliphatic rings. The second kappa shape index (κ2) is 7.74. The number of hydrogen-bond donors (Lipinski definition) is 1. The van der Waals surface area contributed by atoms with Crippen molar-refractivity contribution in [2.75, 3.05) is 6.61 Å². The van der Waals surface area contributed by atoms with Crippen molar-refractivity contribution < 1.29 is 14.8 Å². The number of ether oxygens (including phenoxy) is 1. The highest BCUT2D eigenvalue weighted by atomic mass is 16.6. The van der Waals surface area contributed by atoms with Crippen molar-refractivity contribution in [1.29, 1.82) is 0 Å².